The third-order valence-electron chi connectivity index (χ3n) is 4.51. The lowest BCUT2D eigenvalue weighted by Crippen LogP contribution is -2.36. The summed E-state index contributed by atoms with van der Waals surface area (Å²) in [5, 5.41) is 1.11. The van der Waals surface area contributed by atoms with Crippen LogP contribution in [0.2, 0.25) is 0 Å². The number of hydrogen-bond acceptors (Lipinski definition) is 2. The van der Waals surface area contributed by atoms with Crippen molar-refractivity contribution in [1.29, 1.82) is 0 Å². The molecule has 0 N–H and O–H groups in total. The Hall–Kier alpha value is -1.03. The minimum Gasteiger partial charge on any atom is -0.445 e. The number of alkyl halides is 1. The molecule has 0 saturated heterocycles. The predicted octanol–water partition coefficient (Wildman–Crippen LogP) is 4.85. The summed E-state index contributed by atoms with van der Waals surface area (Å²) in [5.41, 5.74) is 1.03. The van der Waals surface area contributed by atoms with Gasteiger partial charge in [0, 0.05) is 18.4 Å². The Labute approximate surface area is 142 Å². The lowest BCUT2D eigenvalue weighted by atomic mass is 9.83. The van der Waals surface area contributed by atoms with Crippen molar-refractivity contribution in [3.05, 3.63) is 35.9 Å². The van der Waals surface area contributed by atoms with Crippen LogP contribution in [0.3, 0.4) is 0 Å². The van der Waals surface area contributed by atoms with Gasteiger partial charge in [0.25, 0.3) is 0 Å². The van der Waals surface area contributed by atoms with Crippen LogP contribution in [0.4, 0.5) is 4.79 Å². The van der Waals surface area contributed by atoms with E-state index >= 15 is 0 Å². The van der Waals surface area contributed by atoms with Gasteiger partial charge in [-0.05, 0) is 50.0 Å². The standard InChI is InChI=1S/C18H26BrNO2/c1-2-20(13-16-10-8-15(12-19)9-11-16)18(21)22-14-17-6-4-3-5-7-17/h3-7,15-16H,2,8-14H2,1H3. The molecule has 1 amide bonds. The minimum atomic E-state index is -0.186. The van der Waals surface area contributed by atoms with E-state index in [0.717, 1.165) is 23.4 Å². The molecule has 1 aliphatic rings. The van der Waals surface area contributed by atoms with E-state index in [1.807, 2.05) is 42.2 Å². The first-order valence-corrected chi connectivity index (χ1v) is 9.36. The van der Waals surface area contributed by atoms with Crippen molar-refractivity contribution < 1.29 is 9.53 Å². The van der Waals surface area contributed by atoms with Crippen LogP contribution in [0.1, 0.15) is 38.2 Å². The smallest absolute Gasteiger partial charge is 0.410 e. The van der Waals surface area contributed by atoms with Crippen molar-refractivity contribution in [3.8, 4) is 0 Å². The van der Waals surface area contributed by atoms with Crippen LogP contribution in [-0.2, 0) is 11.3 Å². The van der Waals surface area contributed by atoms with Crippen LogP contribution in [-0.4, -0.2) is 29.4 Å². The molecule has 1 aromatic rings. The zero-order chi connectivity index (χ0) is 15.8. The average molecular weight is 368 g/mol. The van der Waals surface area contributed by atoms with Gasteiger partial charge in [-0.15, -0.1) is 0 Å². The molecule has 0 bridgehead atoms. The zero-order valence-electron chi connectivity index (χ0n) is 13.3. The summed E-state index contributed by atoms with van der Waals surface area (Å²) >= 11 is 3.58. The third-order valence-corrected chi connectivity index (χ3v) is 5.42. The van der Waals surface area contributed by atoms with Gasteiger partial charge in [-0.25, -0.2) is 4.79 Å². The van der Waals surface area contributed by atoms with Crippen LogP contribution >= 0.6 is 15.9 Å². The van der Waals surface area contributed by atoms with Gasteiger partial charge in [0.05, 0.1) is 0 Å². The Morgan fingerprint density at radius 2 is 1.82 bits per heavy atom. The van der Waals surface area contributed by atoms with Gasteiger partial charge in [-0.1, -0.05) is 46.3 Å². The fourth-order valence-electron chi connectivity index (χ4n) is 3.02. The summed E-state index contributed by atoms with van der Waals surface area (Å²) in [6.45, 7) is 3.92. The van der Waals surface area contributed by atoms with Gasteiger partial charge in [0.1, 0.15) is 6.61 Å². The number of carbonyl (C=O) groups excluding carboxylic acids is 1. The first kappa shape index (κ1) is 17.3. The SMILES string of the molecule is CCN(CC1CCC(CBr)CC1)C(=O)OCc1ccccc1. The molecule has 0 aromatic heterocycles. The Morgan fingerprint density at radius 1 is 1.18 bits per heavy atom. The minimum absolute atomic E-state index is 0.186. The maximum atomic E-state index is 12.2. The summed E-state index contributed by atoms with van der Waals surface area (Å²) in [6, 6.07) is 9.84. The highest BCUT2D eigenvalue weighted by Crippen LogP contribution is 2.30. The molecule has 1 fully saturated rings. The highest BCUT2D eigenvalue weighted by atomic mass is 79.9. The fraction of sp³-hybridized carbons (Fsp3) is 0.611. The molecule has 0 unspecified atom stereocenters. The monoisotopic (exact) mass is 367 g/mol. The average Bonchev–Trinajstić information content (AvgIpc) is 2.59. The lowest BCUT2D eigenvalue weighted by Gasteiger charge is -2.31. The van der Waals surface area contributed by atoms with Crippen molar-refractivity contribution >= 4 is 22.0 Å². The number of rotatable bonds is 6. The molecule has 0 radical (unpaired) electrons. The van der Waals surface area contributed by atoms with E-state index in [9.17, 15) is 4.79 Å². The highest BCUT2D eigenvalue weighted by Gasteiger charge is 2.24. The van der Waals surface area contributed by atoms with E-state index in [4.69, 9.17) is 4.74 Å². The Balaban J connectivity index is 1.77. The second-order valence-corrected chi connectivity index (χ2v) is 6.77. The number of amides is 1. The first-order chi connectivity index (χ1) is 10.7. The summed E-state index contributed by atoms with van der Waals surface area (Å²) in [5.74, 6) is 1.44. The normalized spacial score (nSPS) is 21.4. The van der Waals surface area contributed by atoms with Crippen molar-refractivity contribution in [1.82, 2.24) is 4.90 Å². The second kappa shape index (κ2) is 9.19. The molecular formula is C18H26BrNO2. The molecule has 3 nitrogen and oxygen atoms in total. The molecule has 0 aliphatic heterocycles. The first-order valence-electron chi connectivity index (χ1n) is 8.24. The quantitative estimate of drug-likeness (QED) is 0.672. The second-order valence-electron chi connectivity index (χ2n) is 6.12. The molecule has 22 heavy (non-hydrogen) atoms. The van der Waals surface area contributed by atoms with Gasteiger partial charge in [0.2, 0.25) is 0 Å². The van der Waals surface area contributed by atoms with Gasteiger partial charge in [-0.2, -0.15) is 0 Å². The predicted molar refractivity (Wildman–Crippen MR) is 93.1 cm³/mol. The fourth-order valence-corrected chi connectivity index (χ4v) is 3.67. The molecule has 0 spiro atoms. The Morgan fingerprint density at radius 3 is 2.41 bits per heavy atom. The third kappa shape index (κ3) is 5.31. The van der Waals surface area contributed by atoms with Crippen molar-refractivity contribution in [2.24, 2.45) is 11.8 Å². The largest absolute Gasteiger partial charge is 0.445 e. The number of halogens is 1. The van der Waals surface area contributed by atoms with Crippen molar-refractivity contribution in [3.63, 3.8) is 0 Å². The van der Waals surface area contributed by atoms with Gasteiger partial charge < -0.3 is 9.64 Å². The summed E-state index contributed by atoms with van der Waals surface area (Å²) < 4.78 is 5.44. The molecular weight excluding hydrogens is 342 g/mol. The molecule has 122 valence electrons. The summed E-state index contributed by atoms with van der Waals surface area (Å²) in [7, 11) is 0. The number of carbonyl (C=O) groups is 1. The topological polar surface area (TPSA) is 29.5 Å². The Kier molecular flexibility index (Phi) is 7.23. The zero-order valence-corrected chi connectivity index (χ0v) is 14.9. The van der Waals surface area contributed by atoms with Crippen molar-refractivity contribution in [2.45, 2.75) is 39.2 Å². The molecule has 2 rings (SSSR count). The summed E-state index contributed by atoms with van der Waals surface area (Å²) in [6.07, 6.45) is 4.80. The molecule has 1 aromatic carbocycles. The van der Waals surface area contributed by atoms with E-state index in [0.29, 0.717) is 19.1 Å². The molecule has 4 heteroatoms. The highest BCUT2D eigenvalue weighted by molar-refractivity contribution is 9.09. The van der Waals surface area contributed by atoms with E-state index in [1.54, 1.807) is 0 Å². The molecule has 0 heterocycles. The van der Waals surface area contributed by atoms with Crippen LogP contribution in [0.25, 0.3) is 0 Å². The van der Waals surface area contributed by atoms with Crippen LogP contribution in [0, 0.1) is 11.8 Å². The maximum Gasteiger partial charge on any atom is 0.410 e. The van der Waals surface area contributed by atoms with Crippen LogP contribution in [0.5, 0.6) is 0 Å². The van der Waals surface area contributed by atoms with Gasteiger partial charge in [-0.3, -0.25) is 0 Å². The lowest BCUT2D eigenvalue weighted by molar-refractivity contribution is 0.0877. The molecule has 0 atom stereocenters. The van der Waals surface area contributed by atoms with E-state index in [2.05, 4.69) is 15.9 Å². The number of hydrogen-bond donors (Lipinski definition) is 0. The number of benzene rings is 1. The van der Waals surface area contributed by atoms with E-state index in [-0.39, 0.29) is 6.09 Å². The van der Waals surface area contributed by atoms with E-state index < -0.39 is 0 Å². The number of ether oxygens (including phenoxy) is 1. The van der Waals surface area contributed by atoms with Gasteiger partial charge in [0.15, 0.2) is 0 Å². The van der Waals surface area contributed by atoms with Crippen molar-refractivity contribution in [2.75, 3.05) is 18.4 Å². The van der Waals surface area contributed by atoms with Gasteiger partial charge >= 0.3 is 6.09 Å². The Bertz CT molecular complexity index is 444. The number of nitrogens with zero attached hydrogens (tertiary/aromatic N) is 1. The van der Waals surface area contributed by atoms with Crippen LogP contribution in [0.15, 0.2) is 30.3 Å². The molecule has 1 aliphatic carbocycles. The molecule has 1 saturated carbocycles. The summed E-state index contributed by atoms with van der Waals surface area (Å²) in [4.78, 5) is 14.1. The maximum absolute atomic E-state index is 12.2. The van der Waals surface area contributed by atoms with E-state index in [1.165, 1.54) is 25.7 Å². The van der Waals surface area contributed by atoms with Crippen LogP contribution < -0.4 is 0 Å².